The molecule has 2 aliphatic rings. The maximum atomic E-state index is 13.1. The highest BCUT2D eigenvalue weighted by atomic mass is 32.1. The average Bonchev–Trinajstić information content (AvgIpc) is 3.02. The van der Waals surface area contributed by atoms with E-state index in [1.807, 2.05) is 0 Å². The first-order chi connectivity index (χ1) is 13.5. The topological polar surface area (TPSA) is 88.8 Å². The molecule has 7 nitrogen and oxygen atoms in total. The van der Waals surface area contributed by atoms with Crippen LogP contribution in [0.3, 0.4) is 0 Å². The maximum absolute atomic E-state index is 13.1. The zero-order chi connectivity index (χ0) is 19.8. The molecule has 1 aliphatic carbocycles. The third-order valence-corrected chi connectivity index (χ3v) is 6.72. The van der Waals surface area contributed by atoms with Crippen LogP contribution in [0.4, 0.5) is 10.5 Å². The van der Waals surface area contributed by atoms with Crippen LogP contribution in [0, 0.1) is 5.92 Å². The lowest BCUT2D eigenvalue weighted by Crippen LogP contribution is -2.50. The minimum Gasteiger partial charge on any atom is -0.450 e. The number of nitrogen functional groups attached to an aromatic ring is 1. The summed E-state index contributed by atoms with van der Waals surface area (Å²) in [5.74, 6) is 0.582. The van der Waals surface area contributed by atoms with E-state index in [9.17, 15) is 9.59 Å². The van der Waals surface area contributed by atoms with Crippen molar-refractivity contribution in [3.05, 3.63) is 22.2 Å². The van der Waals surface area contributed by atoms with Crippen LogP contribution in [0.5, 0.6) is 0 Å². The summed E-state index contributed by atoms with van der Waals surface area (Å²) in [6.45, 7) is 6.30. The van der Waals surface area contributed by atoms with E-state index < -0.39 is 0 Å². The van der Waals surface area contributed by atoms with Crippen LogP contribution in [-0.2, 0) is 17.6 Å². The number of hydrogen-bond acceptors (Lipinski definition) is 6. The molecule has 1 fully saturated rings. The van der Waals surface area contributed by atoms with Gasteiger partial charge >= 0.3 is 6.09 Å². The highest BCUT2D eigenvalue weighted by molar-refractivity contribution is 7.21. The summed E-state index contributed by atoms with van der Waals surface area (Å²) in [6.07, 6.45) is 2.85. The van der Waals surface area contributed by atoms with Crippen LogP contribution in [0.1, 0.15) is 41.2 Å². The van der Waals surface area contributed by atoms with Gasteiger partial charge in [-0.05, 0) is 43.7 Å². The summed E-state index contributed by atoms with van der Waals surface area (Å²) in [4.78, 5) is 34.5. The Bertz CT molecular complexity index is 918. The van der Waals surface area contributed by atoms with Gasteiger partial charge < -0.3 is 20.3 Å². The number of anilines is 1. The Morgan fingerprint density at radius 3 is 2.71 bits per heavy atom. The Hall–Kier alpha value is -2.35. The molecule has 1 aliphatic heterocycles. The van der Waals surface area contributed by atoms with Gasteiger partial charge in [-0.2, -0.15) is 0 Å². The molecule has 2 amide bonds. The predicted octanol–water partition coefficient (Wildman–Crippen LogP) is 2.92. The monoisotopic (exact) mass is 402 g/mol. The fraction of sp³-hybridized carbons (Fsp3) is 0.550. The van der Waals surface area contributed by atoms with Crippen molar-refractivity contribution in [3.8, 4) is 0 Å². The van der Waals surface area contributed by atoms with Crippen LogP contribution in [0.25, 0.3) is 10.2 Å². The number of piperazine rings is 1. The molecule has 0 bridgehead atoms. The van der Waals surface area contributed by atoms with Crippen molar-refractivity contribution in [2.75, 3.05) is 38.5 Å². The Balaban J connectivity index is 1.54. The lowest BCUT2D eigenvalue weighted by atomic mass is 9.87. The van der Waals surface area contributed by atoms with Gasteiger partial charge in [-0.25, -0.2) is 9.78 Å². The molecule has 0 saturated carbocycles. The zero-order valence-electron chi connectivity index (χ0n) is 16.4. The molecule has 2 aromatic rings. The number of ether oxygens (including phenoxy) is 1. The van der Waals surface area contributed by atoms with Crippen molar-refractivity contribution in [3.63, 3.8) is 0 Å². The SMILES string of the molecule is CCOC(=O)N1CCN(C(=O)c2sc3nc4c(cc3c2N)CC(C)CC4)CC1. The van der Waals surface area contributed by atoms with Crippen molar-refractivity contribution in [1.82, 2.24) is 14.8 Å². The van der Waals surface area contributed by atoms with Crippen molar-refractivity contribution < 1.29 is 14.3 Å². The third kappa shape index (κ3) is 3.41. The molecule has 1 unspecified atom stereocenters. The van der Waals surface area contributed by atoms with E-state index in [2.05, 4.69) is 13.0 Å². The smallest absolute Gasteiger partial charge is 0.409 e. The molecule has 1 saturated heterocycles. The molecule has 28 heavy (non-hydrogen) atoms. The Kier molecular flexibility index (Phi) is 5.14. The lowest BCUT2D eigenvalue weighted by molar-refractivity contribution is 0.0575. The second-order valence-electron chi connectivity index (χ2n) is 7.62. The third-order valence-electron chi connectivity index (χ3n) is 5.62. The van der Waals surface area contributed by atoms with Crippen molar-refractivity contribution in [2.45, 2.75) is 33.1 Å². The summed E-state index contributed by atoms with van der Waals surface area (Å²) in [6, 6.07) is 2.13. The van der Waals surface area contributed by atoms with Gasteiger partial charge in [0.05, 0.1) is 12.3 Å². The largest absolute Gasteiger partial charge is 0.450 e. The molecule has 1 atom stereocenters. The molecule has 2 N–H and O–H groups in total. The van der Waals surface area contributed by atoms with E-state index in [4.69, 9.17) is 15.5 Å². The van der Waals surface area contributed by atoms with Crippen LogP contribution in [0.15, 0.2) is 6.07 Å². The summed E-state index contributed by atoms with van der Waals surface area (Å²) in [7, 11) is 0. The van der Waals surface area contributed by atoms with Crippen molar-refractivity contribution >= 4 is 39.2 Å². The van der Waals surface area contributed by atoms with E-state index in [0.29, 0.717) is 49.3 Å². The number of rotatable bonds is 2. The van der Waals surface area contributed by atoms with Crippen LogP contribution in [-0.4, -0.2) is 59.6 Å². The summed E-state index contributed by atoms with van der Waals surface area (Å²) < 4.78 is 5.03. The molecule has 0 radical (unpaired) electrons. The van der Waals surface area contributed by atoms with Crippen LogP contribution < -0.4 is 5.73 Å². The quantitative estimate of drug-likeness (QED) is 0.834. The van der Waals surface area contributed by atoms with Crippen molar-refractivity contribution in [2.24, 2.45) is 5.92 Å². The molecule has 3 heterocycles. The summed E-state index contributed by atoms with van der Waals surface area (Å²) in [5.41, 5.74) is 9.31. The molecule has 0 spiro atoms. The van der Waals surface area contributed by atoms with Gasteiger partial charge in [0.25, 0.3) is 5.91 Å². The molecule has 4 rings (SSSR count). The van der Waals surface area contributed by atoms with Gasteiger partial charge in [-0.15, -0.1) is 11.3 Å². The molecule has 0 aromatic carbocycles. The second-order valence-corrected chi connectivity index (χ2v) is 8.62. The number of fused-ring (bicyclic) bond motifs is 2. The van der Waals surface area contributed by atoms with Crippen molar-refractivity contribution in [1.29, 1.82) is 0 Å². The van der Waals surface area contributed by atoms with Crippen LogP contribution in [0.2, 0.25) is 0 Å². The number of aryl methyl sites for hydroxylation is 1. The Labute approximate surface area is 168 Å². The standard InChI is InChI=1S/C20H26N4O3S/c1-3-27-20(26)24-8-6-23(7-9-24)19(25)17-16(21)14-11-13-10-12(2)4-5-15(13)22-18(14)28-17/h11-12H,3-10,21H2,1-2H3. The highest BCUT2D eigenvalue weighted by Crippen LogP contribution is 2.37. The van der Waals surface area contributed by atoms with E-state index in [-0.39, 0.29) is 12.0 Å². The second kappa shape index (κ2) is 7.58. The molecule has 8 heteroatoms. The number of aromatic nitrogens is 1. The number of hydrogen-bond donors (Lipinski definition) is 1. The summed E-state index contributed by atoms with van der Waals surface area (Å²) >= 11 is 1.38. The van der Waals surface area contributed by atoms with E-state index in [1.165, 1.54) is 16.9 Å². The van der Waals surface area contributed by atoms with Gasteiger partial charge in [0.15, 0.2) is 0 Å². The fourth-order valence-corrected chi connectivity index (χ4v) is 5.05. The maximum Gasteiger partial charge on any atom is 0.409 e. The molecular weight excluding hydrogens is 376 g/mol. The minimum atomic E-state index is -0.319. The van der Waals surface area contributed by atoms with Gasteiger partial charge in [0.1, 0.15) is 9.71 Å². The Morgan fingerprint density at radius 2 is 2.00 bits per heavy atom. The Morgan fingerprint density at radius 1 is 1.29 bits per heavy atom. The first-order valence-electron chi connectivity index (χ1n) is 9.89. The van der Waals surface area contributed by atoms with Gasteiger partial charge in [0.2, 0.25) is 0 Å². The fourth-order valence-electron chi connectivity index (χ4n) is 3.98. The zero-order valence-corrected chi connectivity index (χ0v) is 17.2. The number of carbonyl (C=O) groups excluding carboxylic acids is 2. The predicted molar refractivity (Wildman–Crippen MR) is 110 cm³/mol. The molecular formula is C20H26N4O3S. The number of amides is 2. The molecule has 2 aromatic heterocycles. The number of thiophene rings is 1. The van der Waals surface area contributed by atoms with Crippen LogP contribution >= 0.6 is 11.3 Å². The normalized spacial score (nSPS) is 19.6. The summed E-state index contributed by atoms with van der Waals surface area (Å²) in [5, 5.41) is 0.895. The molecule has 150 valence electrons. The van der Waals surface area contributed by atoms with Gasteiger partial charge in [-0.1, -0.05) is 6.92 Å². The first kappa shape index (κ1) is 19.0. The number of nitrogens with two attached hydrogens (primary N) is 1. The van der Waals surface area contributed by atoms with E-state index in [0.717, 1.165) is 35.2 Å². The lowest BCUT2D eigenvalue weighted by Gasteiger charge is -2.33. The first-order valence-corrected chi connectivity index (χ1v) is 10.7. The minimum absolute atomic E-state index is 0.0738. The number of nitrogens with zero attached hydrogens (tertiary/aromatic N) is 3. The van der Waals surface area contributed by atoms with Gasteiger partial charge in [-0.3, -0.25) is 4.79 Å². The van der Waals surface area contributed by atoms with E-state index in [1.54, 1.807) is 16.7 Å². The van der Waals surface area contributed by atoms with Gasteiger partial charge in [0, 0.05) is 37.3 Å². The number of pyridine rings is 1. The number of carbonyl (C=O) groups is 2. The van der Waals surface area contributed by atoms with E-state index >= 15 is 0 Å². The highest BCUT2D eigenvalue weighted by Gasteiger charge is 2.29. The average molecular weight is 403 g/mol.